The molecule has 0 rings (SSSR count). The second kappa shape index (κ2) is 5.41. The van der Waals surface area contributed by atoms with Crippen LogP contribution in [0, 0.1) is 0 Å². The first-order valence-corrected chi connectivity index (χ1v) is 5.05. The summed E-state index contributed by atoms with van der Waals surface area (Å²) in [6, 6.07) is 0. The van der Waals surface area contributed by atoms with Crippen LogP contribution in [-0.4, -0.2) is 24.7 Å². The van der Waals surface area contributed by atoms with E-state index in [1.165, 1.54) is 0 Å². The fraction of sp³-hybridized carbons (Fsp3) is 1.00. The van der Waals surface area contributed by atoms with Crippen LogP contribution in [0.25, 0.3) is 0 Å². The maximum Gasteiger partial charge on any atom is 0.173 e. The average molecular weight is 202 g/mol. The lowest BCUT2D eigenvalue weighted by atomic mass is 10.3. The van der Waals surface area contributed by atoms with E-state index in [4.69, 9.17) is 9.47 Å². The zero-order valence-corrected chi connectivity index (χ0v) is 10.1. The molecule has 14 heavy (non-hydrogen) atoms. The number of hydrogen-bond donors (Lipinski definition) is 0. The van der Waals surface area contributed by atoms with Crippen LogP contribution in [0.4, 0.5) is 0 Å². The molecule has 84 valence electrons. The molecular formula is C10H22N2O2. The Morgan fingerprint density at radius 3 is 1.29 bits per heavy atom. The first-order chi connectivity index (χ1) is 6.33. The smallest absolute Gasteiger partial charge is 0.173 e. The van der Waals surface area contributed by atoms with Crippen LogP contribution in [0.5, 0.6) is 0 Å². The van der Waals surface area contributed by atoms with Gasteiger partial charge < -0.3 is 9.47 Å². The SMILES string of the molecule is CCOC(C)(C)/N=N/C(C)(C)OCC. The predicted octanol–water partition coefficient (Wildman–Crippen LogP) is 2.98. The van der Waals surface area contributed by atoms with Gasteiger partial charge in [-0.15, -0.1) is 0 Å². The van der Waals surface area contributed by atoms with E-state index in [9.17, 15) is 0 Å². The molecule has 0 atom stereocenters. The van der Waals surface area contributed by atoms with Gasteiger partial charge in [0, 0.05) is 13.2 Å². The van der Waals surface area contributed by atoms with Crippen LogP contribution in [0.15, 0.2) is 10.2 Å². The van der Waals surface area contributed by atoms with Crippen LogP contribution >= 0.6 is 0 Å². The molecule has 0 spiro atoms. The van der Waals surface area contributed by atoms with Gasteiger partial charge in [-0.25, -0.2) is 0 Å². The summed E-state index contributed by atoms with van der Waals surface area (Å²) in [5.74, 6) is 0. The average Bonchev–Trinajstić information content (AvgIpc) is 2.01. The van der Waals surface area contributed by atoms with Gasteiger partial charge >= 0.3 is 0 Å². The van der Waals surface area contributed by atoms with Gasteiger partial charge in [-0.1, -0.05) is 0 Å². The summed E-state index contributed by atoms with van der Waals surface area (Å²) in [5, 5.41) is 8.23. The molecule has 4 heteroatoms. The van der Waals surface area contributed by atoms with Gasteiger partial charge in [0.1, 0.15) is 0 Å². The Bertz CT molecular complexity index is 169. The van der Waals surface area contributed by atoms with Crippen molar-refractivity contribution in [2.45, 2.75) is 53.0 Å². The Kier molecular flexibility index (Phi) is 5.23. The van der Waals surface area contributed by atoms with Crippen molar-refractivity contribution < 1.29 is 9.47 Å². The monoisotopic (exact) mass is 202 g/mol. The Morgan fingerprint density at radius 2 is 1.07 bits per heavy atom. The summed E-state index contributed by atoms with van der Waals surface area (Å²) in [6.07, 6.45) is 0. The van der Waals surface area contributed by atoms with Crippen molar-refractivity contribution >= 4 is 0 Å². The van der Waals surface area contributed by atoms with Crippen LogP contribution in [-0.2, 0) is 9.47 Å². The topological polar surface area (TPSA) is 43.2 Å². The minimum atomic E-state index is -0.566. The highest BCUT2D eigenvalue weighted by Crippen LogP contribution is 2.17. The van der Waals surface area contributed by atoms with Crippen LogP contribution in [0.3, 0.4) is 0 Å². The Labute approximate surface area is 86.7 Å². The first kappa shape index (κ1) is 13.5. The normalized spacial score (nSPS) is 13.9. The standard InChI is InChI=1S/C10H22N2O2/c1-7-13-9(3,4)11-12-10(5,6)14-8-2/h7-8H2,1-6H3/b12-11+. The van der Waals surface area contributed by atoms with E-state index in [1.54, 1.807) is 0 Å². The highest BCUT2D eigenvalue weighted by molar-refractivity contribution is 4.67. The van der Waals surface area contributed by atoms with Crippen molar-refractivity contribution in [3.8, 4) is 0 Å². The third-order valence-electron chi connectivity index (χ3n) is 1.53. The number of rotatable bonds is 6. The summed E-state index contributed by atoms with van der Waals surface area (Å²) in [7, 11) is 0. The van der Waals surface area contributed by atoms with Gasteiger partial charge in [0.25, 0.3) is 0 Å². The maximum absolute atomic E-state index is 5.39. The van der Waals surface area contributed by atoms with Gasteiger partial charge in [0.05, 0.1) is 0 Å². The summed E-state index contributed by atoms with van der Waals surface area (Å²) >= 11 is 0. The molecule has 0 unspecified atom stereocenters. The lowest BCUT2D eigenvalue weighted by Crippen LogP contribution is -2.25. The van der Waals surface area contributed by atoms with Crippen molar-refractivity contribution in [2.75, 3.05) is 13.2 Å². The highest BCUT2D eigenvalue weighted by Gasteiger charge is 2.20. The molecule has 0 heterocycles. The molecule has 0 amide bonds. The summed E-state index contributed by atoms with van der Waals surface area (Å²) in [4.78, 5) is 0. The molecule has 0 fully saturated rings. The molecule has 0 aromatic rings. The van der Waals surface area contributed by atoms with E-state index in [1.807, 2.05) is 41.5 Å². The maximum atomic E-state index is 5.39. The predicted molar refractivity (Wildman–Crippen MR) is 56.3 cm³/mol. The molecule has 0 aromatic heterocycles. The van der Waals surface area contributed by atoms with Crippen LogP contribution < -0.4 is 0 Å². The van der Waals surface area contributed by atoms with E-state index in [-0.39, 0.29) is 0 Å². The van der Waals surface area contributed by atoms with Crippen molar-refractivity contribution in [1.29, 1.82) is 0 Å². The van der Waals surface area contributed by atoms with E-state index in [2.05, 4.69) is 10.2 Å². The Hall–Kier alpha value is -0.480. The fourth-order valence-electron chi connectivity index (χ4n) is 1.01. The third kappa shape index (κ3) is 6.05. The zero-order valence-electron chi connectivity index (χ0n) is 10.1. The van der Waals surface area contributed by atoms with E-state index < -0.39 is 11.4 Å². The lowest BCUT2D eigenvalue weighted by molar-refractivity contribution is -0.0379. The van der Waals surface area contributed by atoms with Gasteiger partial charge in [-0.05, 0) is 41.5 Å². The second-order valence-electron chi connectivity index (χ2n) is 3.96. The molecular weight excluding hydrogens is 180 g/mol. The number of azo groups is 1. The van der Waals surface area contributed by atoms with Crippen molar-refractivity contribution in [3.05, 3.63) is 0 Å². The molecule has 0 N–H and O–H groups in total. The Morgan fingerprint density at radius 1 is 0.786 bits per heavy atom. The summed E-state index contributed by atoms with van der Waals surface area (Å²) in [5.41, 5.74) is -1.13. The van der Waals surface area contributed by atoms with Gasteiger partial charge in [0.15, 0.2) is 11.4 Å². The minimum absolute atomic E-state index is 0.566. The number of hydrogen-bond acceptors (Lipinski definition) is 4. The molecule has 0 saturated carbocycles. The molecule has 0 bridgehead atoms. The second-order valence-corrected chi connectivity index (χ2v) is 3.96. The fourth-order valence-corrected chi connectivity index (χ4v) is 1.01. The molecule has 0 radical (unpaired) electrons. The lowest BCUT2D eigenvalue weighted by Gasteiger charge is -2.22. The summed E-state index contributed by atoms with van der Waals surface area (Å²) < 4.78 is 10.8. The quantitative estimate of drug-likeness (QED) is 0.621. The molecule has 4 nitrogen and oxygen atoms in total. The van der Waals surface area contributed by atoms with Crippen molar-refractivity contribution in [2.24, 2.45) is 10.2 Å². The van der Waals surface area contributed by atoms with Gasteiger partial charge in [-0.2, -0.15) is 10.2 Å². The third-order valence-corrected chi connectivity index (χ3v) is 1.53. The van der Waals surface area contributed by atoms with Gasteiger partial charge in [0.2, 0.25) is 0 Å². The molecule has 0 aliphatic carbocycles. The molecule has 0 aliphatic heterocycles. The van der Waals surface area contributed by atoms with Crippen molar-refractivity contribution in [1.82, 2.24) is 0 Å². The number of nitrogens with zero attached hydrogens (tertiary/aromatic N) is 2. The molecule has 0 aromatic carbocycles. The van der Waals surface area contributed by atoms with E-state index in [0.29, 0.717) is 13.2 Å². The van der Waals surface area contributed by atoms with E-state index >= 15 is 0 Å². The molecule has 0 aliphatic rings. The van der Waals surface area contributed by atoms with Crippen LogP contribution in [0.1, 0.15) is 41.5 Å². The van der Waals surface area contributed by atoms with Crippen molar-refractivity contribution in [3.63, 3.8) is 0 Å². The summed E-state index contributed by atoms with van der Waals surface area (Å²) in [6.45, 7) is 12.6. The van der Waals surface area contributed by atoms with E-state index in [0.717, 1.165) is 0 Å². The number of ether oxygens (including phenoxy) is 2. The molecule has 0 saturated heterocycles. The highest BCUT2D eigenvalue weighted by atomic mass is 16.5. The minimum Gasteiger partial charge on any atom is -0.353 e. The largest absolute Gasteiger partial charge is 0.353 e. The first-order valence-electron chi connectivity index (χ1n) is 5.05. The zero-order chi connectivity index (χ0) is 11.2. The Balaban J connectivity index is 4.26. The van der Waals surface area contributed by atoms with Gasteiger partial charge in [-0.3, -0.25) is 0 Å². The van der Waals surface area contributed by atoms with Crippen LogP contribution in [0.2, 0.25) is 0 Å².